The zero-order valence-electron chi connectivity index (χ0n) is 16.3. The third-order valence-corrected chi connectivity index (χ3v) is 4.82. The molecule has 3 rings (SSSR count). The van der Waals surface area contributed by atoms with E-state index in [0.29, 0.717) is 23.0 Å². The predicted octanol–water partition coefficient (Wildman–Crippen LogP) is 2.22. The van der Waals surface area contributed by atoms with E-state index in [1.165, 1.54) is 0 Å². The van der Waals surface area contributed by atoms with Crippen LogP contribution in [-0.2, 0) is 4.79 Å². The molecule has 0 aromatic carbocycles. The molecule has 0 spiro atoms. The summed E-state index contributed by atoms with van der Waals surface area (Å²) in [4.78, 5) is 25.4. The lowest BCUT2D eigenvalue weighted by atomic mass is 10.1. The molecule has 2 heterocycles. The van der Waals surface area contributed by atoms with E-state index in [9.17, 15) is 9.90 Å². The summed E-state index contributed by atoms with van der Waals surface area (Å²) in [6.07, 6.45) is 3.63. The maximum absolute atomic E-state index is 11.8. The van der Waals surface area contributed by atoms with Gasteiger partial charge in [-0.25, -0.2) is 15.0 Å². The molecule has 2 aromatic heterocycles. The van der Waals surface area contributed by atoms with Gasteiger partial charge in [-0.05, 0) is 46.1 Å². The standard InChI is InChI=1S/C19H28N6O2/c1-10(2)22-17-16-13(8-15(24-17)11(3)26)9-21-19(25-16)23-14-6-5-12(7-14)18(27)20-4/h8-12,14,26H,5-7H2,1-4H3,(H,20,27)(H,22,24)(H,21,23,25)/t11?,12-,14+/m0/s1. The fraction of sp³-hybridized carbons (Fsp3) is 0.579. The Morgan fingerprint density at radius 2 is 2.04 bits per heavy atom. The van der Waals surface area contributed by atoms with E-state index < -0.39 is 6.10 Å². The molecule has 0 bridgehead atoms. The number of rotatable bonds is 6. The number of hydrogen-bond acceptors (Lipinski definition) is 7. The molecule has 1 aliphatic rings. The molecule has 146 valence electrons. The summed E-state index contributed by atoms with van der Waals surface area (Å²) in [6, 6.07) is 2.17. The molecule has 1 aliphatic carbocycles. The minimum atomic E-state index is -0.667. The van der Waals surface area contributed by atoms with E-state index >= 15 is 0 Å². The third-order valence-electron chi connectivity index (χ3n) is 4.82. The maximum atomic E-state index is 11.8. The van der Waals surface area contributed by atoms with Crippen LogP contribution in [0, 0.1) is 5.92 Å². The van der Waals surface area contributed by atoms with Crippen molar-refractivity contribution in [2.24, 2.45) is 5.92 Å². The van der Waals surface area contributed by atoms with Crippen LogP contribution >= 0.6 is 0 Å². The Morgan fingerprint density at radius 3 is 2.70 bits per heavy atom. The molecule has 1 saturated carbocycles. The zero-order valence-corrected chi connectivity index (χ0v) is 16.3. The molecule has 4 N–H and O–H groups in total. The highest BCUT2D eigenvalue weighted by Gasteiger charge is 2.29. The lowest BCUT2D eigenvalue weighted by Crippen LogP contribution is -2.27. The molecule has 8 heteroatoms. The number of anilines is 2. The van der Waals surface area contributed by atoms with Crippen molar-refractivity contribution in [3.8, 4) is 0 Å². The van der Waals surface area contributed by atoms with Crippen LogP contribution in [0.1, 0.15) is 51.8 Å². The van der Waals surface area contributed by atoms with Gasteiger partial charge in [-0.15, -0.1) is 0 Å². The van der Waals surface area contributed by atoms with Crippen molar-refractivity contribution in [1.29, 1.82) is 0 Å². The topological polar surface area (TPSA) is 112 Å². The average molecular weight is 372 g/mol. The van der Waals surface area contributed by atoms with E-state index in [4.69, 9.17) is 0 Å². The van der Waals surface area contributed by atoms with Crippen LogP contribution in [0.2, 0.25) is 0 Å². The molecule has 2 aromatic rings. The fourth-order valence-corrected chi connectivity index (χ4v) is 3.46. The summed E-state index contributed by atoms with van der Waals surface area (Å²) < 4.78 is 0. The van der Waals surface area contributed by atoms with Crippen LogP contribution in [-0.4, -0.2) is 45.1 Å². The average Bonchev–Trinajstić information content (AvgIpc) is 3.09. The van der Waals surface area contributed by atoms with E-state index in [1.54, 1.807) is 20.2 Å². The van der Waals surface area contributed by atoms with Crippen LogP contribution in [0.5, 0.6) is 0 Å². The monoisotopic (exact) mass is 372 g/mol. The van der Waals surface area contributed by atoms with E-state index in [-0.39, 0.29) is 23.9 Å². The van der Waals surface area contributed by atoms with Crippen molar-refractivity contribution in [2.75, 3.05) is 17.7 Å². The summed E-state index contributed by atoms with van der Waals surface area (Å²) in [5, 5.41) is 20.1. The SMILES string of the molecule is CNC(=O)[C@H]1CC[C@@H](Nc2ncc3cc(C(C)O)nc(NC(C)C)c3n2)C1. The smallest absolute Gasteiger partial charge is 0.223 e. The van der Waals surface area contributed by atoms with Crippen molar-refractivity contribution >= 4 is 28.6 Å². The second-order valence-electron chi connectivity index (χ2n) is 7.47. The number of pyridine rings is 1. The van der Waals surface area contributed by atoms with Crippen LogP contribution in [0.15, 0.2) is 12.3 Å². The molecule has 0 saturated heterocycles. The number of nitrogens with zero attached hydrogens (tertiary/aromatic N) is 3. The molecule has 0 radical (unpaired) electrons. The van der Waals surface area contributed by atoms with Gasteiger partial charge in [0.15, 0.2) is 5.82 Å². The van der Waals surface area contributed by atoms with Gasteiger partial charge in [0.05, 0.1) is 11.8 Å². The lowest BCUT2D eigenvalue weighted by Gasteiger charge is -2.16. The highest BCUT2D eigenvalue weighted by molar-refractivity contribution is 5.89. The molecule has 1 amide bonds. The number of carbonyl (C=O) groups is 1. The first-order valence-electron chi connectivity index (χ1n) is 9.47. The Kier molecular flexibility index (Phi) is 5.74. The summed E-state index contributed by atoms with van der Waals surface area (Å²) in [6.45, 7) is 5.74. The molecule has 8 nitrogen and oxygen atoms in total. The maximum Gasteiger partial charge on any atom is 0.223 e. The first-order chi connectivity index (χ1) is 12.9. The second-order valence-corrected chi connectivity index (χ2v) is 7.47. The van der Waals surface area contributed by atoms with Gasteiger partial charge in [-0.1, -0.05) is 0 Å². The normalized spacial score (nSPS) is 20.7. The summed E-state index contributed by atoms with van der Waals surface area (Å²) in [7, 11) is 1.67. The predicted molar refractivity (Wildman–Crippen MR) is 106 cm³/mol. The minimum Gasteiger partial charge on any atom is -0.387 e. The van der Waals surface area contributed by atoms with Crippen molar-refractivity contribution < 1.29 is 9.90 Å². The Balaban J connectivity index is 1.85. The Labute approximate surface area is 159 Å². The van der Waals surface area contributed by atoms with Gasteiger partial charge in [-0.2, -0.15) is 0 Å². The molecule has 3 atom stereocenters. The van der Waals surface area contributed by atoms with Crippen molar-refractivity contribution in [1.82, 2.24) is 20.3 Å². The largest absolute Gasteiger partial charge is 0.387 e. The third kappa shape index (κ3) is 4.44. The number of fused-ring (bicyclic) bond motifs is 1. The molecular formula is C19H28N6O2. The highest BCUT2D eigenvalue weighted by Crippen LogP contribution is 2.29. The number of aromatic nitrogens is 3. The molecule has 1 fully saturated rings. The number of carbonyl (C=O) groups excluding carboxylic acids is 1. The number of aliphatic hydroxyl groups is 1. The molecule has 1 unspecified atom stereocenters. The van der Waals surface area contributed by atoms with Crippen LogP contribution in [0.4, 0.5) is 11.8 Å². The Bertz CT molecular complexity index is 823. The van der Waals surface area contributed by atoms with Gasteiger partial charge in [0.1, 0.15) is 5.52 Å². The summed E-state index contributed by atoms with van der Waals surface area (Å²) in [5.74, 6) is 1.31. The van der Waals surface area contributed by atoms with Crippen molar-refractivity contribution in [3.63, 3.8) is 0 Å². The highest BCUT2D eigenvalue weighted by atomic mass is 16.3. The van der Waals surface area contributed by atoms with Gasteiger partial charge in [0, 0.05) is 36.6 Å². The van der Waals surface area contributed by atoms with Crippen molar-refractivity contribution in [2.45, 2.75) is 58.2 Å². The summed E-state index contributed by atoms with van der Waals surface area (Å²) in [5.41, 5.74) is 1.30. The van der Waals surface area contributed by atoms with E-state index in [0.717, 1.165) is 24.6 Å². The van der Waals surface area contributed by atoms with Crippen LogP contribution < -0.4 is 16.0 Å². The van der Waals surface area contributed by atoms with Crippen molar-refractivity contribution in [3.05, 3.63) is 18.0 Å². The fourth-order valence-electron chi connectivity index (χ4n) is 3.46. The molecule has 27 heavy (non-hydrogen) atoms. The Hall–Kier alpha value is -2.48. The molecule has 0 aliphatic heterocycles. The minimum absolute atomic E-state index is 0.0430. The zero-order chi connectivity index (χ0) is 19.6. The number of hydrogen-bond donors (Lipinski definition) is 4. The molecular weight excluding hydrogens is 344 g/mol. The second kappa shape index (κ2) is 8.04. The van der Waals surface area contributed by atoms with Gasteiger partial charge in [-0.3, -0.25) is 4.79 Å². The number of aliphatic hydroxyl groups excluding tert-OH is 1. The first-order valence-corrected chi connectivity index (χ1v) is 9.47. The van der Waals surface area contributed by atoms with E-state index in [1.807, 2.05) is 19.9 Å². The van der Waals surface area contributed by atoms with Gasteiger partial charge in [0.25, 0.3) is 0 Å². The van der Waals surface area contributed by atoms with Crippen LogP contribution in [0.3, 0.4) is 0 Å². The Morgan fingerprint density at radius 1 is 1.26 bits per heavy atom. The van der Waals surface area contributed by atoms with Gasteiger partial charge in [0.2, 0.25) is 11.9 Å². The van der Waals surface area contributed by atoms with Crippen LogP contribution in [0.25, 0.3) is 10.9 Å². The van der Waals surface area contributed by atoms with Gasteiger partial charge >= 0.3 is 0 Å². The summed E-state index contributed by atoms with van der Waals surface area (Å²) >= 11 is 0. The number of nitrogens with one attached hydrogen (secondary N) is 3. The first kappa shape index (κ1) is 19.3. The number of amides is 1. The van der Waals surface area contributed by atoms with E-state index in [2.05, 4.69) is 30.9 Å². The quantitative estimate of drug-likeness (QED) is 0.615. The van der Waals surface area contributed by atoms with Gasteiger partial charge < -0.3 is 21.1 Å². The lowest BCUT2D eigenvalue weighted by molar-refractivity contribution is -0.124.